The Morgan fingerprint density at radius 1 is 1.11 bits per heavy atom. The molecular weight excluding hydrogens is 260 g/mol. The number of rotatable bonds is 6. The van der Waals surface area contributed by atoms with Crippen molar-refractivity contribution in [2.75, 3.05) is 11.9 Å². The fourth-order valence-electron chi connectivity index (χ4n) is 1.77. The van der Waals surface area contributed by atoms with Crippen LogP contribution in [0.25, 0.3) is 0 Å². The molecule has 0 saturated carbocycles. The zero-order valence-electron chi connectivity index (χ0n) is 10.9. The average Bonchev–Trinajstić information content (AvgIpc) is 2.43. The number of pyridine rings is 1. The van der Waals surface area contributed by atoms with Crippen molar-refractivity contribution in [2.24, 2.45) is 0 Å². The second-order valence-electron chi connectivity index (χ2n) is 4.13. The largest absolute Gasteiger partial charge is 0.372 e. The Bertz CT molecular complexity index is 531. The zero-order chi connectivity index (χ0) is 13.5. The molecule has 0 saturated heterocycles. The van der Waals surface area contributed by atoms with Gasteiger partial charge in [-0.1, -0.05) is 35.9 Å². The second-order valence-corrected chi connectivity index (χ2v) is 4.53. The van der Waals surface area contributed by atoms with Crippen LogP contribution in [0.1, 0.15) is 18.1 Å². The first-order chi connectivity index (χ1) is 9.31. The Labute approximate surface area is 118 Å². The van der Waals surface area contributed by atoms with E-state index in [4.69, 9.17) is 16.3 Å². The van der Waals surface area contributed by atoms with Gasteiger partial charge in [0.15, 0.2) is 0 Å². The molecule has 19 heavy (non-hydrogen) atoms. The van der Waals surface area contributed by atoms with Gasteiger partial charge in [0.05, 0.1) is 13.2 Å². The highest BCUT2D eigenvalue weighted by Gasteiger charge is 2.03. The number of ether oxygens (including phenoxy) is 1. The lowest BCUT2D eigenvalue weighted by atomic mass is 10.2. The summed E-state index contributed by atoms with van der Waals surface area (Å²) in [5.74, 6) is 0.879. The van der Waals surface area contributed by atoms with E-state index in [1.165, 1.54) is 0 Å². The van der Waals surface area contributed by atoms with Crippen LogP contribution in [0.4, 0.5) is 5.82 Å². The highest BCUT2D eigenvalue weighted by Crippen LogP contribution is 2.18. The van der Waals surface area contributed by atoms with Gasteiger partial charge in [0.25, 0.3) is 0 Å². The lowest BCUT2D eigenvalue weighted by Crippen LogP contribution is -2.04. The molecule has 0 bridgehead atoms. The second kappa shape index (κ2) is 7.12. The van der Waals surface area contributed by atoms with Crippen molar-refractivity contribution in [3.63, 3.8) is 0 Å². The van der Waals surface area contributed by atoms with E-state index in [2.05, 4.69) is 10.3 Å². The summed E-state index contributed by atoms with van der Waals surface area (Å²) >= 11 is 6.08. The molecular formula is C15H17ClN2O. The maximum Gasteiger partial charge on any atom is 0.131 e. The maximum atomic E-state index is 6.08. The lowest BCUT2D eigenvalue weighted by Gasteiger charge is -2.10. The number of nitrogens with one attached hydrogen (secondary N) is 1. The van der Waals surface area contributed by atoms with Crippen LogP contribution in [-0.2, 0) is 18.0 Å². The molecule has 0 radical (unpaired) electrons. The van der Waals surface area contributed by atoms with E-state index in [0.717, 1.165) is 28.5 Å². The van der Waals surface area contributed by atoms with Crippen LogP contribution in [-0.4, -0.2) is 11.5 Å². The molecule has 0 atom stereocenters. The van der Waals surface area contributed by atoms with Gasteiger partial charge in [0.2, 0.25) is 0 Å². The lowest BCUT2D eigenvalue weighted by molar-refractivity contribution is 0.107. The molecule has 1 aromatic heterocycles. The van der Waals surface area contributed by atoms with Crippen LogP contribution in [0.5, 0.6) is 0 Å². The number of halogens is 1. The molecule has 0 spiro atoms. The molecule has 0 fully saturated rings. The monoisotopic (exact) mass is 276 g/mol. The number of anilines is 1. The number of hydrogen-bond acceptors (Lipinski definition) is 3. The minimum atomic E-state index is 0.500. The van der Waals surface area contributed by atoms with Crippen LogP contribution in [0, 0.1) is 0 Å². The predicted molar refractivity (Wildman–Crippen MR) is 78.3 cm³/mol. The molecule has 2 aromatic rings. The third-order valence-electron chi connectivity index (χ3n) is 2.71. The first-order valence-corrected chi connectivity index (χ1v) is 6.68. The van der Waals surface area contributed by atoms with Gasteiger partial charge in [0.1, 0.15) is 5.82 Å². The van der Waals surface area contributed by atoms with Crippen LogP contribution < -0.4 is 5.32 Å². The molecule has 0 aliphatic carbocycles. The van der Waals surface area contributed by atoms with Crippen molar-refractivity contribution in [2.45, 2.75) is 20.1 Å². The third kappa shape index (κ3) is 3.94. The van der Waals surface area contributed by atoms with Gasteiger partial charge >= 0.3 is 0 Å². The molecule has 2 rings (SSSR count). The Balaban J connectivity index is 1.94. The summed E-state index contributed by atoms with van der Waals surface area (Å²) in [7, 11) is 0. The summed E-state index contributed by atoms with van der Waals surface area (Å²) in [6, 6.07) is 11.6. The van der Waals surface area contributed by atoms with Gasteiger partial charge < -0.3 is 10.1 Å². The minimum absolute atomic E-state index is 0.500. The first-order valence-electron chi connectivity index (χ1n) is 6.30. The van der Waals surface area contributed by atoms with Crippen LogP contribution in [0.15, 0.2) is 42.6 Å². The van der Waals surface area contributed by atoms with Gasteiger partial charge in [-0.15, -0.1) is 0 Å². The van der Waals surface area contributed by atoms with Crippen molar-refractivity contribution in [3.8, 4) is 0 Å². The average molecular weight is 277 g/mol. The van der Waals surface area contributed by atoms with Crippen molar-refractivity contribution in [1.82, 2.24) is 4.98 Å². The summed E-state index contributed by atoms with van der Waals surface area (Å²) in [6.45, 7) is 3.90. The van der Waals surface area contributed by atoms with E-state index in [1.807, 2.05) is 43.3 Å². The fourth-order valence-corrected chi connectivity index (χ4v) is 1.96. The van der Waals surface area contributed by atoms with Gasteiger partial charge in [-0.05, 0) is 24.6 Å². The van der Waals surface area contributed by atoms with Gasteiger partial charge in [0, 0.05) is 23.3 Å². The van der Waals surface area contributed by atoms with E-state index in [0.29, 0.717) is 13.2 Å². The van der Waals surface area contributed by atoms with Crippen molar-refractivity contribution in [3.05, 3.63) is 58.7 Å². The smallest absolute Gasteiger partial charge is 0.131 e. The first kappa shape index (κ1) is 13.8. The maximum absolute atomic E-state index is 6.08. The molecule has 1 aromatic carbocycles. The summed E-state index contributed by atoms with van der Waals surface area (Å²) < 4.78 is 5.71. The Hall–Kier alpha value is -1.58. The highest BCUT2D eigenvalue weighted by molar-refractivity contribution is 6.31. The molecule has 3 nitrogen and oxygen atoms in total. The van der Waals surface area contributed by atoms with Gasteiger partial charge in [-0.3, -0.25) is 0 Å². The molecule has 0 aliphatic rings. The van der Waals surface area contributed by atoms with E-state index in [1.54, 1.807) is 6.20 Å². The third-order valence-corrected chi connectivity index (χ3v) is 3.08. The van der Waals surface area contributed by atoms with Gasteiger partial charge in [-0.2, -0.15) is 0 Å². The molecule has 0 unspecified atom stereocenters. The van der Waals surface area contributed by atoms with Crippen LogP contribution in [0.3, 0.4) is 0 Å². The Morgan fingerprint density at radius 2 is 1.84 bits per heavy atom. The van der Waals surface area contributed by atoms with Crippen molar-refractivity contribution < 1.29 is 4.74 Å². The van der Waals surface area contributed by atoms with E-state index in [9.17, 15) is 0 Å². The number of nitrogens with zero attached hydrogens (tertiary/aromatic N) is 1. The number of hydrogen-bond donors (Lipinski definition) is 1. The van der Waals surface area contributed by atoms with Crippen molar-refractivity contribution >= 4 is 17.4 Å². The molecule has 1 heterocycles. The molecule has 0 aliphatic heterocycles. The summed E-state index contributed by atoms with van der Waals surface area (Å²) in [4.78, 5) is 4.29. The summed E-state index contributed by atoms with van der Waals surface area (Å²) in [6.07, 6.45) is 1.77. The molecule has 100 valence electrons. The summed E-state index contributed by atoms with van der Waals surface area (Å²) in [5, 5.41) is 3.96. The topological polar surface area (TPSA) is 34.2 Å². The fraction of sp³-hybridized carbons (Fsp3) is 0.267. The Morgan fingerprint density at radius 3 is 2.63 bits per heavy atom. The van der Waals surface area contributed by atoms with E-state index < -0.39 is 0 Å². The highest BCUT2D eigenvalue weighted by atomic mass is 35.5. The predicted octanol–water partition coefficient (Wildman–Crippen LogP) is 3.88. The standard InChI is InChI=1S/C15H17ClN2O/c1-2-17-15-13(7-5-9-18-15)11-19-10-12-6-3-4-8-14(12)16/h3-9H,2,10-11H2,1H3,(H,17,18). The van der Waals surface area contributed by atoms with E-state index in [-0.39, 0.29) is 0 Å². The van der Waals surface area contributed by atoms with E-state index >= 15 is 0 Å². The summed E-state index contributed by atoms with van der Waals surface area (Å²) in [5.41, 5.74) is 2.05. The molecule has 1 N–H and O–H groups in total. The zero-order valence-corrected chi connectivity index (χ0v) is 11.7. The van der Waals surface area contributed by atoms with Gasteiger partial charge in [-0.25, -0.2) is 4.98 Å². The SMILES string of the molecule is CCNc1ncccc1COCc1ccccc1Cl. The molecule has 4 heteroatoms. The van der Waals surface area contributed by atoms with Crippen LogP contribution >= 0.6 is 11.6 Å². The normalized spacial score (nSPS) is 10.4. The number of aromatic nitrogens is 1. The number of benzene rings is 1. The quantitative estimate of drug-likeness (QED) is 0.869. The molecule has 0 amide bonds. The van der Waals surface area contributed by atoms with Crippen LogP contribution in [0.2, 0.25) is 5.02 Å². The Kier molecular flexibility index (Phi) is 5.19. The minimum Gasteiger partial charge on any atom is -0.372 e. The van der Waals surface area contributed by atoms with Crippen molar-refractivity contribution in [1.29, 1.82) is 0 Å².